The molecule has 0 aromatic carbocycles. The van der Waals surface area contributed by atoms with Gasteiger partial charge in [-0.1, -0.05) is 0 Å². The highest BCUT2D eigenvalue weighted by Gasteiger charge is 2.26. The molecule has 1 fully saturated rings. The van der Waals surface area contributed by atoms with E-state index in [-0.39, 0.29) is 12.1 Å². The third-order valence-electron chi connectivity index (χ3n) is 4.05. The van der Waals surface area contributed by atoms with Crippen molar-refractivity contribution in [2.24, 2.45) is 7.05 Å². The Bertz CT molecular complexity index is 393. The van der Waals surface area contributed by atoms with Crippen LogP contribution < -0.4 is 0 Å². The quantitative estimate of drug-likeness (QED) is 0.854. The summed E-state index contributed by atoms with van der Waals surface area (Å²) in [6, 6.07) is 0.240. The maximum Gasteiger partial charge on any atom is 0.0710 e. The molecule has 0 radical (unpaired) electrons. The zero-order valence-corrected chi connectivity index (χ0v) is 12.3. The van der Waals surface area contributed by atoms with Crippen molar-refractivity contribution in [3.63, 3.8) is 0 Å². The maximum absolute atomic E-state index is 10.5. The van der Waals surface area contributed by atoms with Gasteiger partial charge in [-0.15, -0.1) is 0 Å². The number of hydrogen-bond donors (Lipinski definition) is 1. The average molecular weight is 266 g/mol. The molecule has 2 rings (SSSR count). The molecule has 0 amide bonds. The van der Waals surface area contributed by atoms with E-state index in [1.807, 2.05) is 24.1 Å². The summed E-state index contributed by atoms with van der Waals surface area (Å²) >= 11 is 0. The molecule has 2 heterocycles. The molecule has 1 aliphatic heterocycles. The van der Waals surface area contributed by atoms with Crippen LogP contribution in [0.1, 0.15) is 18.4 Å². The molecule has 1 aromatic rings. The van der Waals surface area contributed by atoms with Gasteiger partial charge in [-0.25, -0.2) is 0 Å². The Hall–Kier alpha value is -0.910. The van der Waals surface area contributed by atoms with Gasteiger partial charge in [0.25, 0.3) is 0 Å². The number of aliphatic hydroxyl groups is 1. The van der Waals surface area contributed by atoms with Gasteiger partial charge in [0.1, 0.15) is 0 Å². The predicted molar refractivity (Wildman–Crippen MR) is 76.1 cm³/mol. The fraction of sp³-hybridized carbons (Fsp3) is 0.786. The second kappa shape index (κ2) is 6.50. The lowest BCUT2D eigenvalue weighted by atomic mass is 10.0. The Kier molecular flexibility index (Phi) is 4.96. The van der Waals surface area contributed by atoms with Crippen LogP contribution in [0.15, 0.2) is 12.4 Å². The molecule has 2 unspecified atom stereocenters. The van der Waals surface area contributed by atoms with Crippen molar-refractivity contribution in [1.29, 1.82) is 0 Å². The Balaban J connectivity index is 1.88. The van der Waals surface area contributed by atoms with Gasteiger partial charge in [0, 0.05) is 25.8 Å². The summed E-state index contributed by atoms with van der Waals surface area (Å²) in [4.78, 5) is 4.62. The van der Waals surface area contributed by atoms with Crippen LogP contribution in [-0.2, 0) is 13.5 Å². The SMILES string of the molecule is CN1CCCN(C)C(C(O)CCc2cnn(C)c2)C1. The fourth-order valence-electron chi connectivity index (χ4n) is 2.83. The zero-order chi connectivity index (χ0) is 13.8. The Morgan fingerprint density at radius 2 is 2.16 bits per heavy atom. The summed E-state index contributed by atoms with van der Waals surface area (Å²) in [5.41, 5.74) is 1.20. The second-order valence-corrected chi connectivity index (χ2v) is 5.79. The average Bonchev–Trinajstić information content (AvgIpc) is 2.70. The molecule has 5 nitrogen and oxygen atoms in total. The van der Waals surface area contributed by atoms with E-state index >= 15 is 0 Å². The van der Waals surface area contributed by atoms with Crippen LogP contribution in [0.3, 0.4) is 0 Å². The van der Waals surface area contributed by atoms with Crippen molar-refractivity contribution in [2.45, 2.75) is 31.4 Å². The molecule has 2 atom stereocenters. The van der Waals surface area contributed by atoms with Crippen LogP contribution in [0.5, 0.6) is 0 Å². The third kappa shape index (κ3) is 4.03. The molecule has 1 N–H and O–H groups in total. The monoisotopic (exact) mass is 266 g/mol. The van der Waals surface area contributed by atoms with Gasteiger partial charge in [-0.05, 0) is 52.0 Å². The van der Waals surface area contributed by atoms with Crippen LogP contribution in [-0.4, -0.2) is 70.6 Å². The molecule has 1 aromatic heterocycles. The Morgan fingerprint density at radius 1 is 1.37 bits per heavy atom. The van der Waals surface area contributed by atoms with E-state index in [0.717, 1.165) is 32.5 Å². The van der Waals surface area contributed by atoms with E-state index in [1.165, 1.54) is 12.0 Å². The van der Waals surface area contributed by atoms with E-state index in [1.54, 1.807) is 0 Å². The van der Waals surface area contributed by atoms with Gasteiger partial charge in [0.05, 0.1) is 12.3 Å². The van der Waals surface area contributed by atoms with Gasteiger partial charge in [0.2, 0.25) is 0 Å². The number of nitrogens with zero attached hydrogens (tertiary/aromatic N) is 4. The minimum Gasteiger partial charge on any atom is -0.391 e. The van der Waals surface area contributed by atoms with Crippen LogP contribution in [0.25, 0.3) is 0 Å². The zero-order valence-electron chi connectivity index (χ0n) is 12.3. The maximum atomic E-state index is 10.5. The third-order valence-corrected chi connectivity index (χ3v) is 4.05. The standard InChI is InChI=1S/C14H26N4O/c1-16-7-4-8-17(2)13(11-16)14(19)6-5-12-9-15-18(3)10-12/h9-10,13-14,19H,4-8,11H2,1-3H3. The molecular weight excluding hydrogens is 240 g/mol. The number of likely N-dealkylation sites (N-methyl/N-ethyl adjacent to an activating group) is 2. The summed E-state index contributed by atoms with van der Waals surface area (Å²) in [5.74, 6) is 0. The van der Waals surface area contributed by atoms with Gasteiger partial charge < -0.3 is 10.0 Å². The highest BCUT2D eigenvalue weighted by molar-refractivity contribution is 5.04. The summed E-state index contributed by atoms with van der Waals surface area (Å²) in [5, 5.41) is 14.6. The lowest BCUT2D eigenvalue weighted by Gasteiger charge is -2.31. The van der Waals surface area contributed by atoms with Crippen LogP contribution in [0.4, 0.5) is 0 Å². The first kappa shape index (κ1) is 14.5. The minimum absolute atomic E-state index is 0.240. The van der Waals surface area contributed by atoms with Crippen LogP contribution >= 0.6 is 0 Å². The molecule has 19 heavy (non-hydrogen) atoms. The van der Waals surface area contributed by atoms with Crippen LogP contribution in [0, 0.1) is 0 Å². The molecule has 108 valence electrons. The number of rotatable bonds is 4. The predicted octanol–water partition coefficient (Wildman–Crippen LogP) is 0.349. The van der Waals surface area contributed by atoms with E-state index in [0.29, 0.717) is 0 Å². The lowest BCUT2D eigenvalue weighted by Crippen LogP contribution is -2.46. The largest absolute Gasteiger partial charge is 0.391 e. The van der Waals surface area contributed by atoms with E-state index in [9.17, 15) is 5.11 Å². The van der Waals surface area contributed by atoms with Crippen molar-refractivity contribution >= 4 is 0 Å². The van der Waals surface area contributed by atoms with Gasteiger partial charge >= 0.3 is 0 Å². The smallest absolute Gasteiger partial charge is 0.0710 e. The molecule has 5 heteroatoms. The first-order valence-corrected chi connectivity index (χ1v) is 7.10. The Labute approximate surface area is 115 Å². The fourth-order valence-corrected chi connectivity index (χ4v) is 2.83. The molecular formula is C14H26N4O. The van der Waals surface area contributed by atoms with Crippen molar-refractivity contribution < 1.29 is 5.11 Å². The summed E-state index contributed by atoms with van der Waals surface area (Å²) < 4.78 is 1.81. The summed E-state index contributed by atoms with van der Waals surface area (Å²) in [6.07, 6.45) is 6.51. The molecule has 0 aliphatic carbocycles. The number of aromatic nitrogens is 2. The van der Waals surface area contributed by atoms with E-state index in [4.69, 9.17) is 0 Å². The highest BCUT2D eigenvalue weighted by Crippen LogP contribution is 2.14. The topological polar surface area (TPSA) is 44.5 Å². The van der Waals surface area contributed by atoms with Crippen molar-refractivity contribution in [1.82, 2.24) is 19.6 Å². The van der Waals surface area contributed by atoms with Crippen LogP contribution in [0.2, 0.25) is 0 Å². The van der Waals surface area contributed by atoms with E-state index in [2.05, 4.69) is 29.0 Å². The minimum atomic E-state index is -0.272. The normalized spacial score (nSPS) is 24.3. The second-order valence-electron chi connectivity index (χ2n) is 5.79. The van der Waals surface area contributed by atoms with Gasteiger partial charge in [-0.2, -0.15) is 5.10 Å². The highest BCUT2D eigenvalue weighted by atomic mass is 16.3. The molecule has 1 saturated heterocycles. The van der Waals surface area contributed by atoms with E-state index < -0.39 is 0 Å². The summed E-state index contributed by atoms with van der Waals surface area (Å²) in [7, 11) is 6.19. The molecule has 1 aliphatic rings. The summed E-state index contributed by atoms with van der Waals surface area (Å²) in [6.45, 7) is 3.14. The number of hydrogen-bond acceptors (Lipinski definition) is 4. The van der Waals surface area contributed by atoms with Gasteiger partial charge in [0.15, 0.2) is 0 Å². The number of aliphatic hydroxyl groups excluding tert-OH is 1. The molecule has 0 spiro atoms. The number of aryl methyl sites for hydroxylation is 2. The van der Waals surface area contributed by atoms with Crippen molar-refractivity contribution in [2.75, 3.05) is 33.7 Å². The van der Waals surface area contributed by atoms with Crippen molar-refractivity contribution in [3.8, 4) is 0 Å². The first-order chi connectivity index (χ1) is 9.06. The molecule has 0 saturated carbocycles. The lowest BCUT2D eigenvalue weighted by molar-refractivity contribution is 0.0522. The molecule has 0 bridgehead atoms. The Morgan fingerprint density at radius 3 is 2.84 bits per heavy atom. The van der Waals surface area contributed by atoms with Crippen molar-refractivity contribution in [3.05, 3.63) is 18.0 Å². The first-order valence-electron chi connectivity index (χ1n) is 7.10. The van der Waals surface area contributed by atoms with Gasteiger partial charge in [-0.3, -0.25) is 9.58 Å².